The van der Waals surface area contributed by atoms with Gasteiger partial charge in [-0.25, -0.2) is 12.8 Å². The smallest absolute Gasteiger partial charge is 0.242 e. The minimum atomic E-state index is -3.68. The van der Waals surface area contributed by atoms with Crippen molar-refractivity contribution >= 4 is 21.6 Å². The summed E-state index contributed by atoms with van der Waals surface area (Å²) in [6, 6.07) is 2.60. The maximum atomic E-state index is 13.7. The summed E-state index contributed by atoms with van der Waals surface area (Å²) in [6.45, 7) is 5.81. The van der Waals surface area contributed by atoms with Gasteiger partial charge in [-0.15, -0.1) is 11.6 Å². The van der Waals surface area contributed by atoms with E-state index < -0.39 is 15.8 Å². The summed E-state index contributed by atoms with van der Waals surface area (Å²) in [7, 11) is -2.21. The number of sulfonamides is 1. The first-order chi connectivity index (χ1) is 9.70. The first-order valence-corrected chi connectivity index (χ1v) is 8.60. The van der Waals surface area contributed by atoms with Crippen molar-refractivity contribution in [2.75, 3.05) is 20.2 Å². The van der Waals surface area contributed by atoms with Crippen molar-refractivity contribution < 1.29 is 17.5 Å². The van der Waals surface area contributed by atoms with Crippen LogP contribution in [0.3, 0.4) is 0 Å². The summed E-state index contributed by atoms with van der Waals surface area (Å²) >= 11 is 5.66. The number of hydrogen-bond acceptors (Lipinski definition) is 3. The molecule has 7 heteroatoms. The SMILES string of the molecule is Cc1cc(S(=O)(=O)N(C)CCOC(C)C)cc(CCl)c1F. The van der Waals surface area contributed by atoms with E-state index in [1.165, 1.54) is 30.4 Å². The van der Waals surface area contributed by atoms with Gasteiger partial charge in [0.25, 0.3) is 0 Å². The average Bonchev–Trinajstić information content (AvgIpc) is 2.40. The third-order valence-corrected chi connectivity index (χ3v) is 5.14. The van der Waals surface area contributed by atoms with Crippen LogP contribution in [0.15, 0.2) is 17.0 Å². The van der Waals surface area contributed by atoms with Crippen molar-refractivity contribution in [1.29, 1.82) is 0 Å². The molecule has 0 spiro atoms. The second kappa shape index (κ2) is 7.54. The number of ether oxygens (including phenoxy) is 1. The Morgan fingerprint density at radius 2 is 2.00 bits per heavy atom. The molecule has 0 N–H and O–H groups in total. The molecule has 0 aromatic heterocycles. The first-order valence-electron chi connectivity index (χ1n) is 6.63. The van der Waals surface area contributed by atoms with E-state index in [4.69, 9.17) is 16.3 Å². The third kappa shape index (κ3) is 4.64. The summed E-state index contributed by atoms with van der Waals surface area (Å²) in [5.41, 5.74) is 0.445. The number of nitrogens with zero attached hydrogens (tertiary/aromatic N) is 1. The lowest BCUT2D eigenvalue weighted by Gasteiger charge is -2.19. The quantitative estimate of drug-likeness (QED) is 0.719. The zero-order chi connectivity index (χ0) is 16.2. The van der Waals surface area contributed by atoms with Crippen LogP contribution < -0.4 is 0 Å². The van der Waals surface area contributed by atoms with Gasteiger partial charge in [0.2, 0.25) is 10.0 Å². The maximum Gasteiger partial charge on any atom is 0.242 e. The predicted octanol–water partition coefficient (Wildman–Crippen LogP) is 2.92. The summed E-state index contributed by atoms with van der Waals surface area (Å²) in [6.07, 6.45) is 0.0389. The van der Waals surface area contributed by atoms with E-state index in [9.17, 15) is 12.8 Å². The van der Waals surface area contributed by atoms with E-state index in [2.05, 4.69) is 0 Å². The predicted molar refractivity (Wildman–Crippen MR) is 81.6 cm³/mol. The van der Waals surface area contributed by atoms with Crippen molar-refractivity contribution in [2.24, 2.45) is 0 Å². The Morgan fingerprint density at radius 3 is 2.52 bits per heavy atom. The molecule has 0 atom stereocenters. The highest BCUT2D eigenvalue weighted by atomic mass is 35.5. The normalized spacial score (nSPS) is 12.4. The molecule has 4 nitrogen and oxygen atoms in total. The van der Waals surface area contributed by atoms with Gasteiger partial charge < -0.3 is 4.74 Å². The zero-order valence-corrected chi connectivity index (χ0v) is 14.3. The van der Waals surface area contributed by atoms with Gasteiger partial charge in [0.15, 0.2) is 0 Å². The molecular formula is C14H21ClFNO3S. The highest BCUT2D eigenvalue weighted by Crippen LogP contribution is 2.22. The van der Waals surface area contributed by atoms with Crippen LogP contribution >= 0.6 is 11.6 Å². The van der Waals surface area contributed by atoms with Gasteiger partial charge in [-0.1, -0.05) is 0 Å². The molecule has 21 heavy (non-hydrogen) atoms. The van der Waals surface area contributed by atoms with Crippen molar-refractivity contribution in [1.82, 2.24) is 4.31 Å². The Labute approximate surface area is 130 Å². The van der Waals surface area contributed by atoms with E-state index >= 15 is 0 Å². The van der Waals surface area contributed by atoms with E-state index in [-0.39, 0.29) is 34.6 Å². The van der Waals surface area contributed by atoms with Crippen LogP contribution in [-0.4, -0.2) is 39.0 Å². The number of benzene rings is 1. The van der Waals surface area contributed by atoms with Crippen LogP contribution in [0.1, 0.15) is 25.0 Å². The summed E-state index contributed by atoms with van der Waals surface area (Å²) in [5, 5.41) is 0. The molecule has 0 fully saturated rings. The van der Waals surface area contributed by atoms with Crippen LogP contribution in [0.25, 0.3) is 0 Å². The molecular weight excluding hydrogens is 317 g/mol. The van der Waals surface area contributed by atoms with Crippen molar-refractivity contribution in [3.05, 3.63) is 29.1 Å². The van der Waals surface area contributed by atoms with Gasteiger partial charge in [-0.3, -0.25) is 0 Å². The second-order valence-electron chi connectivity index (χ2n) is 5.09. The molecule has 120 valence electrons. The fourth-order valence-electron chi connectivity index (χ4n) is 1.77. The average molecular weight is 338 g/mol. The Morgan fingerprint density at radius 1 is 1.38 bits per heavy atom. The van der Waals surface area contributed by atoms with E-state index in [0.717, 1.165) is 0 Å². The minimum absolute atomic E-state index is 0.0389. The molecule has 0 aliphatic carbocycles. The van der Waals surface area contributed by atoms with Crippen LogP contribution in [0.5, 0.6) is 0 Å². The summed E-state index contributed by atoms with van der Waals surface area (Å²) < 4.78 is 45.2. The Kier molecular flexibility index (Phi) is 6.59. The number of likely N-dealkylation sites (N-methyl/N-ethyl adjacent to an activating group) is 1. The molecule has 0 heterocycles. The van der Waals surface area contributed by atoms with Gasteiger partial charge in [-0.2, -0.15) is 4.31 Å². The number of aryl methyl sites for hydroxylation is 1. The fraction of sp³-hybridized carbons (Fsp3) is 0.571. The molecule has 0 saturated carbocycles. The Bertz CT molecular complexity index is 590. The van der Waals surface area contributed by atoms with Crippen LogP contribution in [0.4, 0.5) is 4.39 Å². The van der Waals surface area contributed by atoms with Gasteiger partial charge in [0, 0.05) is 19.2 Å². The molecule has 0 aliphatic heterocycles. The highest BCUT2D eigenvalue weighted by molar-refractivity contribution is 7.89. The minimum Gasteiger partial charge on any atom is -0.377 e. The van der Waals surface area contributed by atoms with Gasteiger partial charge in [0.05, 0.1) is 23.5 Å². The number of rotatable bonds is 7. The van der Waals surface area contributed by atoms with Crippen molar-refractivity contribution in [2.45, 2.75) is 37.7 Å². The van der Waals surface area contributed by atoms with E-state index in [0.29, 0.717) is 6.61 Å². The lowest BCUT2D eigenvalue weighted by atomic mass is 10.1. The molecule has 0 amide bonds. The lowest BCUT2D eigenvalue weighted by Crippen LogP contribution is -2.31. The lowest BCUT2D eigenvalue weighted by molar-refractivity contribution is 0.0737. The molecule has 1 rings (SSSR count). The maximum absolute atomic E-state index is 13.7. The Hall–Kier alpha value is -0.690. The van der Waals surface area contributed by atoms with Crippen molar-refractivity contribution in [3.63, 3.8) is 0 Å². The fourth-order valence-corrected chi connectivity index (χ4v) is 3.26. The van der Waals surface area contributed by atoms with Gasteiger partial charge in [0.1, 0.15) is 5.82 Å². The van der Waals surface area contributed by atoms with Gasteiger partial charge in [-0.05, 0) is 38.5 Å². The topological polar surface area (TPSA) is 46.6 Å². The van der Waals surface area contributed by atoms with Crippen LogP contribution in [0, 0.1) is 12.7 Å². The molecule has 0 saturated heterocycles. The molecule has 0 bridgehead atoms. The summed E-state index contributed by atoms with van der Waals surface area (Å²) in [5.74, 6) is -0.536. The molecule has 0 radical (unpaired) electrons. The molecule has 0 unspecified atom stereocenters. The third-order valence-electron chi connectivity index (χ3n) is 3.01. The monoisotopic (exact) mass is 337 g/mol. The zero-order valence-electron chi connectivity index (χ0n) is 12.7. The van der Waals surface area contributed by atoms with Crippen molar-refractivity contribution in [3.8, 4) is 0 Å². The standard InChI is InChI=1S/C14H21ClFNO3S/c1-10(2)20-6-5-17(4)21(18,19)13-7-11(3)14(16)12(8-13)9-15/h7-8,10H,5-6,9H2,1-4H3. The van der Waals surface area contributed by atoms with E-state index in [1.54, 1.807) is 0 Å². The number of halogens is 2. The van der Waals surface area contributed by atoms with E-state index in [1.807, 2.05) is 13.8 Å². The Balaban J connectivity index is 2.99. The molecule has 1 aromatic rings. The van der Waals surface area contributed by atoms with Gasteiger partial charge >= 0.3 is 0 Å². The largest absolute Gasteiger partial charge is 0.377 e. The number of hydrogen-bond donors (Lipinski definition) is 0. The summed E-state index contributed by atoms with van der Waals surface area (Å²) in [4.78, 5) is 0.0455. The highest BCUT2D eigenvalue weighted by Gasteiger charge is 2.23. The molecule has 1 aromatic carbocycles. The molecule has 0 aliphatic rings. The second-order valence-corrected chi connectivity index (χ2v) is 7.41. The number of alkyl halides is 1. The van der Waals surface area contributed by atoms with Crippen LogP contribution in [0.2, 0.25) is 0 Å². The van der Waals surface area contributed by atoms with Crippen LogP contribution in [-0.2, 0) is 20.6 Å². The first kappa shape index (κ1) is 18.4.